The zero-order valence-electron chi connectivity index (χ0n) is 16.5. The molecule has 1 saturated heterocycles. The van der Waals surface area contributed by atoms with Gasteiger partial charge in [-0.15, -0.1) is 0 Å². The van der Waals surface area contributed by atoms with E-state index in [1.807, 2.05) is 61.5 Å². The van der Waals surface area contributed by atoms with Crippen LogP contribution < -0.4 is 15.0 Å². The van der Waals surface area contributed by atoms with Crippen LogP contribution in [0.3, 0.4) is 0 Å². The quantitative estimate of drug-likeness (QED) is 0.702. The van der Waals surface area contributed by atoms with Gasteiger partial charge in [0.05, 0.1) is 11.9 Å². The lowest BCUT2D eigenvalue weighted by Gasteiger charge is -2.28. The molecular weight excluding hydrogens is 364 g/mol. The first-order chi connectivity index (χ1) is 14.1. The zero-order valence-corrected chi connectivity index (χ0v) is 16.5. The molecule has 1 amide bonds. The lowest BCUT2D eigenvalue weighted by Crippen LogP contribution is -2.24. The first-order valence-electron chi connectivity index (χ1n) is 9.88. The van der Waals surface area contributed by atoms with Crippen molar-refractivity contribution in [3.63, 3.8) is 0 Å². The first-order valence-corrected chi connectivity index (χ1v) is 9.88. The second-order valence-electron chi connectivity index (χ2n) is 7.62. The minimum Gasteiger partial charge on any atom is -0.485 e. The summed E-state index contributed by atoms with van der Waals surface area (Å²) in [5.74, 6) is 1.74. The monoisotopic (exact) mass is 386 g/mol. The van der Waals surface area contributed by atoms with Gasteiger partial charge in [0.2, 0.25) is 5.91 Å². The van der Waals surface area contributed by atoms with E-state index < -0.39 is 0 Å². The van der Waals surface area contributed by atoms with Crippen LogP contribution in [-0.2, 0) is 4.79 Å². The number of carbonyl (C=O) groups excluding carboxylic acids is 1. The number of nitrogens with zero attached hydrogens (tertiary/aromatic N) is 3. The van der Waals surface area contributed by atoms with Crippen molar-refractivity contribution in [3.05, 3.63) is 60.0 Å². The summed E-state index contributed by atoms with van der Waals surface area (Å²) >= 11 is 0. The number of aromatic nitrogens is 2. The highest BCUT2D eigenvalue weighted by molar-refractivity contribution is 5.96. The third-order valence-electron chi connectivity index (χ3n) is 5.47. The van der Waals surface area contributed by atoms with E-state index in [2.05, 4.69) is 15.3 Å². The van der Waals surface area contributed by atoms with Gasteiger partial charge in [-0.05, 0) is 50.1 Å². The van der Waals surface area contributed by atoms with E-state index >= 15 is 0 Å². The molecule has 5 rings (SSSR count). The molecule has 1 N–H and O–H groups in total. The second-order valence-corrected chi connectivity index (χ2v) is 7.62. The Morgan fingerprint density at radius 1 is 1.14 bits per heavy atom. The Morgan fingerprint density at radius 2 is 2.03 bits per heavy atom. The normalized spacial score (nSPS) is 17.5. The van der Waals surface area contributed by atoms with Gasteiger partial charge in [0, 0.05) is 53.8 Å². The Labute approximate surface area is 169 Å². The highest BCUT2D eigenvalue weighted by atomic mass is 16.5. The van der Waals surface area contributed by atoms with Gasteiger partial charge in [-0.3, -0.25) is 9.78 Å². The van der Waals surface area contributed by atoms with Gasteiger partial charge < -0.3 is 15.0 Å². The Morgan fingerprint density at radius 3 is 2.83 bits per heavy atom. The van der Waals surface area contributed by atoms with Crippen molar-refractivity contribution >= 4 is 23.1 Å². The average Bonchev–Trinajstić information content (AvgIpc) is 3.14. The van der Waals surface area contributed by atoms with Gasteiger partial charge in [-0.25, -0.2) is 4.98 Å². The number of aryl methyl sites for hydroxylation is 1. The highest BCUT2D eigenvalue weighted by Gasteiger charge is 2.27. The predicted molar refractivity (Wildman–Crippen MR) is 113 cm³/mol. The Balaban J connectivity index is 1.48. The van der Waals surface area contributed by atoms with Crippen molar-refractivity contribution in [2.24, 2.45) is 0 Å². The number of amides is 1. The zero-order chi connectivity index (χ0) is 20.0. The molecule has 1 fully saturated rings. The van der Waals surface area contributed by atoms with Crippen LogP contribution in [-0.4, -0.2) is 22.4 Å². The molecular formula is C23H22N4O2. The SMILES string of the molecule is Cc1cncc(Nc2cc3c(cn2)-c2ccc(N4CCCC4=O)cc2O[C@H]3C)c1. The fourth-order valence-corrected chi connectivity index (χ4v) is 4.05. The molecule has 1 aromatic carbocycles. The maximum Gasteiger partial charge on any atom is 0.227 e. The number of fused-ring (bicyclic) bond motifs is 3. The first kappa shape index (κ1) is 17.7. The van der Waals surface area contributed by atoms with E-state index in [0.717, 1.165) is 58.2 Å². The lowest BCUT2D eigenvalue weighted by atomic mass is 9.94. The minimum absolute atomic E-state index is 0.110. The van der Waals surface area contributed by atoms with Crippen molar-refractivity contribution < 1.29 is 9.53 Å². The topological polar surface area (TPSA) is 67.4 Å². The van der Waals surface area contributed by atoms with E-state index in [-0.39, 0.29) is 12.0 Å². The third kappa shape index (κ3) is 3.20. The number of hydrogen-bond donors (Lipinski definition) is 1. The molecule has 2 aromatic heterocycles. The van der Waals surface area contributed by atoms with Crippen molar-refractivity contribution in [2.45, 2.75) is 32.8 Å². The highest BCUT2D eigenvalue weighted by Crippen LogP contribution is 2.44. The fourth-order valence-electron chi connectivity index (χ4n) is 4.05. The van der Waals surface area contributed by atoms with E-state index in [1.165, 1.54) is 0 Å². The molecule has 6 heteroatoms. The van der Waals surface area contributed by atoms with Crippen LogP contribution in [0.5, 0.6) is 5.75 Å². The van der Waals surface area contributed by atoms with Crippen LogP contribution in [0.2, 0.25) is 0 Å². The van der Waals surface area contributed by atoms with E-state index in [9.17, 15) is 4.79 Å². The molecule has 0 saturated carbocycles. The molecule has 0 radical (unpaired) electrons. The number of hydrogen-bond acceptors (Lipinski definition) is 5. The van der Waals surface area contributed by atoms with Crippen molar-refractivity contribution in [1.82, 2.24) is 9.97 Å². The van der Waals surface area contributed by atoms with Crippen LogP contribution in [0.4, 0.5) is 17.2 Å². The average molecular weight is 386 g/mol. The molecule has 29 heavy (non-hydrogen) atoms. The Hall–Kier alpha value is -3.41. The third-order valence-corrected chi connectivity index (χ3v) is 5.47. The summed E-state index contributed by atoms with van der Waals surface area (Å²) in [5.41, 5.74) is 6.05. The summed E-state index contributed by atoms with van der Waals surface area (Å²) in [6, 6.07) is 10.1. The molecule has 2 aliphatic heterocycles. The molecule has 0 unspecified atom stereocenters. The Bertz CT molecular complexity index is 1110. The van der Waals surface area contributed by atoms with Gasteiger partial charge in [-0.2, -0.15) is 0 Å². The summed E-state index contributed by atoms with van der Waals surface area (Å²) in [6.07, 6.45) is 6.91. The van der Waals surface area contributed by atoms with Crippen LogP contribution in [0.1, 0.15) is 37.0 Å². The van der Waals surface area contributed by atoms with Gasteiger partial charge >= 0.3 is 0 Å². The molecule has 146 valence electrons. The van der Waals surface area contributed by atoms with Gasteiger partial charge in [0.15, 0.2) is 0 Å². The van der Waals surface area contributed by atoms with Crippen molar-refractivity contribution in [3.8, 4) is 16.9 Å². The number of nitrogens with one attached hydrogen (secondary N) is 1. The number of carbonyl (C=O) groups is 1. The number of benzene rings is 1. The smallest absolute Gasteiger partial charge is 0.227 e. The number of ether oxygens (including phenoxy) is 1. The van der Waals surface area contributed by atoms with Gasteiger partial charge in [-0.1, -0.05) is 0 Å². The minimum atomic E-state index is -0.110. The molecule has 2 aliphatic rings. The molecule has 0 aliphatic carbocycles. The predicted octanol–water partition coefficient (Wildman–Crippen LogP) is 4.78. The summed E-state index contributed by atoms with van der Waals surface area (Å²) in [4.78, 5) is 22.7. The van der Waals surface area contributed by atoms with Crippen LogP contribution in [0, 0.1) is 6.92 Å². The van der Waals surface area contributed by atoms with Crippen LogP contribution >= 0.6 is 0 Å². The van der Waals surface area contributed by atoms with Crippen LogP contribution in [0.25, 0.3) is 11.1 Å². The summed E-state index contributed by atoms with van der Waals surface area (Å²) < 4.78 is 6.21. The molecule has 1 atom stereocenters. The van der Waals surface area contributed by atoms with Crippen LogP contribution in [0.15, 0.2) is 48.9 Å². The van der Waals surface area contributed by atoms with Crippen molar-refractivity contribution in [2.75, 3.05) is 16.8 Å². The number of rotatable bonds is 3. The van der Waals surface area contributed by atoms with E-state index in [4.69, 9.17) is 4.74 Å². The molecule has 0 spiro atoms. The summed E-state index contributed by atoms with van der Waals surface area (Å²) in [5, 5.41) is 3.32. The van der Waals surface area contributed by atoms with E-state index in [0.29, 0.717) is 6.42 Å². The fraction of sp³-hybridized carbons (Fsp3) is 0.261. The van der Waals surface area contributed by atoms with E-state index in [1.54, 1.807) is 6.20 Å². The lowest BCUT2D eigenvalue weighted by molar-refractivity contribution is -0.117. The molecule has 6 nitrogen and oxygen atoms in total. The van der Waals surface area contributed by atoms with Crippen molar-refractivity contribution in [1.29, 1.82) is 0 Å². The second kappa shape index (κ2) is 6.88. The van der Waals surface area contributed by atoms with Gasteiger partial charge in [0.25, 0.3) is 0 Å². The molecule has 0 bridgehead atoms. The maximum absolute atomic E-state index is 12.1. The molecule has 3 aromatic rings. The van der Waals surface area contributed by atoms with Gasteiger partial charge in [0.1, 0.15) is 17.7 Å². The number of pyridine rings is 2. The Kier molecular flexibility index (Phi) is 4.19. The molecule has 4 heterocycles. The largest absolute Gasteiger partial charge is 0.485 e. The maximum atomic E-state index is 12.1. The standard InChI is InChI=1S/C23H22N4O2/c1-14-8-16(12-24-11-14)26-22-10-19-15(2)29-21-9-17(27-7-3-4-23(27)28)5-6-18(21)20(19)13-25-22/h5-6,8-13,15H,3-4,7H2,1-2H3,(H,25,26)/t15-/m0/s1. The summed E-state index contributed by atoms with van der Waals surface area (Å²) in [6.45, 7) is 4.82. The number of anilines is 3. The summed E-state index contributed by atoms with van der Waals surface area (Å²) in [7, 11) is 0.